The summed E-state index contributed by atoms with van der Waals surface area (Å²) >= 11 is 0. The summed E-state index contributed by atoms with van der Waals surface area (Å²) in [7, 11) is 0. The van der Waals surface area contributed by atoms with Crippen LogP contribution >= 0.6 is 0 Å². The van der Waals surface area contributed by atoms with E-state index in [1.807, 2.05) is 0 Å². The van der Waals surface area contributed by atoms with Crippen molar-refractivity contribution in [2.45, 2.75) is 32.0 Å². The van der Waals surface area contributed by atoms with Gasteiger partial charge in [-0.3, -0.25) is 0 Å². The van der Waals surface area contributed by atoms with Crippen molar-refractivity contribution in [3.63, 3.8) is 0 Å². The van der Waals surface area contributed by atoms with Crippen LogP contribution in [0, 0.1) is 17.8 Å². The lowest BCUT2D eigenvalue weighted by atomic mass is 9.67. The molecular weight excluding hydrogens is 112 g/mol. The maximum absolute atomic E-state index is 5.44. The summed E-state index contributed by atoms with van der Waals surface area (Å²) in [6, 6.07) is 0. The molecule has 1 heterocycles. The summed E-state index contributed by atoms with van der Waals surface area (Å²) < 4.78 is 5.44. The SMILES string of the molecule is CC1CC2C1CC1OC12. The number of rotatable bonds is 0. The quantitative estimate of drug-likeness (QED) is 0.445. The second kappa shape index (κ2) is 1.20. The zero-order valence-electron chi connectivity index (χ0n) is 5.71. The fraction of sp³-hybridized carbons (Fsp3) is 1.00. The van der Waals surface area contributed by atoms with Crippen molar-refractivity contribution in [3.8, 4) is 0 Å². The van der Waals surface area contributed by atoms with Crippen LogP contribution in [0.5, 0.6) is 0 Å². The van der Waals surface area contributed by atoms with E-state index in [2.05, 4.69) is 6.92 Å². The zero-order chi connectivity index (χ0) is 6.01. The van der Waals surface area contributed by atoms with Crippen LogP contribution in [0.2, 0.25) is 0 Å². The molecule has 2 aliphatic carbocycles. The van der Waals surface area contributed by atoms with E-state index in [1.54, 1.807) is 0 Å². The molecule has 50 valence electrons. The van der Waals surface area contributed by atoms with Crippen molar-refractivity contribution >= 4 is 0 Å². The van der Waals surface area contributed by atoms with E-state index in [4.69, 9.17) is 4.74 Å². The molecular formula is C8H12O. The lowest BCUT2D eigenvalue weighted by molar-refractivity contribution is 0.0487. The summed E-state index contributed by atoms with van der Waals surface area (Å²) in [6.07, 6.45) is 4.28. The van der Waals surface area contributed by atoms with E-state index in [9.17, 15) is 0 Å². The average molecular weight is 124 g/mol. The minimum atomic E-state index is 0.713. The Kier molecular flexibility index (Phi) is 0.628. The molecule has 3 rings (SSSR count). The number of epoxide rings is 1. The Bertz CT molecular complexity index is 155. The third kappa shape index (κ3) is 0.420. The van der Waals surface area contributed by atoms with Crippen molar-refractivity contribution in [2.24, 2.45) is 17.8 Å². The summed E-state index contributed by atoms with van der Waals surface area (Å²) in [5.41, 5.74) is 0. The molecule has 0 aromatic carbocycles. The van der Waals surface area contributed by atoms with Crippen molar-refractivity contribution < 1.29 is 4.74 Å². The Morgan fingerprint density at radius 2 is 2.11 bits per heavy atom. The lowest BCUT2D eigenvalue weighted by Gasteiger charge is -2.39. The monoisotopic (exact) mass is 124 g/mol. The van der Waals surface area contributed by atoms with Gasteiger partial charge in [0.2, 0.25) is 0 Å². The minimum Gasteiger partial charge on any atom is -0.369 e. The van der Waals surface area contributed by atoms with E-state index in [0.717, 1.165) is 23.9 Å². The number of hydrogen-bond donors (Lipinski definition) is 0. The zero-order valence-corrected chi connectivity index (χ0v) is 5.71. The highest BCUT2D eigenvalue weighted by Crippen LogP contribution is 2.59. The molecule has 0 aromatic rings. The number of hydrogen-bond acceptors (Lipinski definition) is 1. The highest BCUT2D eigenvalue weighted by molar-refractivity contribution is 5.08. The summed E-state index contributed by atoms with van der Waals surface area (Å²) in [4.78, 5) is 0. The molecule has 2 saturated carbocycles. The molecule has 1 saturated heterocycles. The molecule has 0 aromatic heterocycles. The molecule has 0 amide bonds. The van der Waals surface area contributed by atoms with Gasteiger partial charge in [0.25, 0.3) is 0 Å². The summed E-state index contributed by atoms with van der Waals surface area (Å²) in [6.45, 7) is 2.38. The molecule has 1 nitrogen and oxygen atoms in total. The third-order valence-corrected chi connectivity index (χ3v) is 3.47. The summed E-state index contributed by atoms with van der Waals surface area (Å²) in [5.74, 6) is 3.07. The Labute approximate surface area is 55.4 Å². The van der Waals surface area contributed by atoms with Crippen molar-refractivity contribution in [1.82, 2.24) is 0 Å². The van der Waals surface area contributed by atoms with Gasteiger partial charge in [-0.15, -0.1) is 0 Å². The Morgan fingerprint density at radius 3 is 2.67 bits per heavy atom. The van der Waals surface area contributed by atoms with Gasteiger partial charge in [0.05, 0.1) is 12.2 Å². The maximum atomic E-state index is 5.44. The second-order valence-corrected chi connectivity index (χ2v) is 3.92. The molecule has 0 bridgehead atoms. The molecule has 1 aliphatic heterocycles. The van der Waals surface area contributed by atoms with Crippen molar-refractivity contribution in [2.75, 3.05) is 0 Å². The smallest absolute Gasteiger partial charge is 0.0872 e. The predicted molar refractivity (Wildman–Crippen MR) is 34.0 cm³/mol. The normalized spacial score (nSPS) is 68.3. The first-order valence-corrected chi connectivity index (χ1v) is 4.02. The molecule has 3 fully saturated rings. The van der Waals surface area contributed by atoms with Crippen LogP contribution in [0.1, 0.15) is 19.8 Å². The Balaban J connectivity index is 1.85. The molecule has 5 atom stereocenters. The van der Waals surface area contributed by atoms with Crippen molar-refractivity contribution in [1.29, 1.82) is 0 Å². The van der Waals surface area contributed by atoms with Crippen LogP contribution in [0.3, 0.4) is 0 Å². The maximum Gasteiger partial charge on any atom is 0.0872 e. The molecule has 0 N–H and O–H groups in total. The Hall–Kier alpha value is -0.0400. The summed E-state index contributed by atoms with van der Waals surface area (Å²) in [5, 5.41) is 0. The van der Waals surface area contributed by atoms with Gasteiger partial charge in [0.15, 0.2) is 0 Å². The predicted octanol–water partition coefficient (Wildman–Crippen LogP) is 1.43. The standard InChI is InChI=1S/C8H12O/c1-4-2-6-5(4)3-7-8(6)9-7/h4-8H,2-3H2,1H3. The largest absolute Gasteiger partial charge is 0.369 e. The highest BCUT2D eigenvalue weighted by atomic mass is 16.6. The van der Waals surface area contributed by atoms with Gasteiger partial charge in [-0.2, -0.15) is 0 Å². The molecule has 9 heavy (non-hydrogen) atoms. The van der Waals surface area contributed by atoms with Gasteiger partial charge in [0, 0.05) is 0 Å². The molecule has 0 spiro atoms. The van der Waals surface area contributed by atoms with Crippen LogP contribution in [0.25, 0.3) is 0 Å². The van der Waals surface area contributed by atoms with Crippen LogP contribution in [-0.4, -0.2) is 12.2 Å². The van der Waals surface area contributed by atoms with Gasteiger partial charge < -0.3 is 4.74 Å². The molecule has 3 aliphatic rings. The first-order chi connectivity index (χ1) is 4.36. The highest BCUT2D eigenvalue weighted by Gasteiger charge is 2.61. The lowest BCUT2D eigenvalue weighted by Crippen LogP contribution is -2.34. The van der Waals surface area contributed by atoms with E-state index in [1.165, 1.54) is 12.8 Å². The van der Waals surface area contributed by atoms with Crippen molar-refractivity contribution in [3.05, 3.63) is 0 Å². The van der Waals surface area contributed by atoms with E-state index >= 15 is 0 Å². The van der Waals surface area contributed by atoms with Crippen LogP contribution in [-0.2, 0) is 4.74 Å². The first kappa shape index (κ1) is 4.73. The third-order valence-electron chi connectivity index (χ3n) is 3.47. The second-order valence-electron chi connectivity index (χ2n) is 3.92. The number of fused-ring (bicyclic) bond motifs is 3. The number of ether oxygens (including phenoxy) is 1. The van der Waals surface area contributed by atoms with Gasteiger partial charge in [-0.1, -0.05) is 6.92 Å². The first-order valence-electron chi connectivity index (χ1n) is 4.02. The van der Waals surface area contributed by atoms with Gasteiger partial charge >= 0.3 is 0 Å². The van der Waals surface area contributed by atoms with E-state index in [-0.39, 0.29) is 0 Å². The molecule has 0 radical (unpaired) electrons. The molecule has 1 heteroatoms. The topological polar surface area (TPSA) is 12.5 Å². The fourth-order valence-electron chi connectivity index (χ4n) is 2.78. The molecule has 5 unspecified atom stereocenters. The van der Waals surface area contributed by atoms with Crippen LogP contribution in [0.15, 0.2) is 0 Å². The van der Waals surface area contributed by atoms with Crippen LogP contribution < -0.4 is 0 Å². The van der Waals surface area contributed by atoms with Gasteiger partial charge in [-0.05, 0) is 30.6 Å². The van der Waals surface area contributed by atoms with E-state index < -0.39 is 0 Å². The van der Waals surface area contributed by atoms with Gasteiger partial charge in [-0.25, -0.2) is 0 Å². The minimum absolute atomic E-state index is 0.713. The van der Waals surface area contributed by atoms with E-state index in [0.29, 0.717) is 6.10 Å². The average Bonchev–Trinajstić information content (AvgIpc) is 2.52. The van der Waals surface area contributed by atoms with Crippen LogP contribution in [0.4, 0.5) is 0 Å². The van der Waals surface area contributed by atoms with Gasteiger partial charge in [0.1, 0.15) is 0 Å². The fourth-order valence-corrected chi connectivity index (χ4v) is 2.78. The Morgan fingerprint density at radius 1 is 1.22 bits per heavy atom.